The first kappa shape index (κ1) is 19.7. The van der Waals surface area contributed by atoms with Crippen molar-refractivity contribution in [3.8, 4) is 0 Å². The third kappa shape index (κ3) is 13.5. The largest absolute Gasteiger partial charge is 0.372 e. The molecule has 0 aromatic rings. The number of nitrogens with zero attached hydrogens (tertiary/aromatic N) is 1. The van der Waals surface area contributed by atoms with Crippen LogP contribution >= 0.6 is 0 Å². The molecule has 18 heavy (non-hydrogen) atoms. The van der Waals surface area contributed by atoms with E-state index in [9.17, 15) is 4.79 Å². The normalized spacial score (nSPS) is 14.9. The Labute approximate surface area is 113 Å². The smallest absolute Gasteiger partial charge is 0.243 e. The Kier molecular flexibility index (Phi) is 18.0. The minimum Gasteiger partial charge on any atom is -0.372 e. The highest BCUT2D eigenvalue weighted by Gasteiger charge is 2.08. The Morgan fingerprint density at radius 2 is 1.67 bits per heavy atom. The molecule has 1 saturated heterocycles. The van der Waals surface area contributed by atoms with Crippen molar-refractivity contribution < 1.29 is 9.53 Å². The molecular weight excluding hydrogens is 228 g/mol. The van der Waals surface area contributed by atoms with E-state index < -0.39 is 0 Å². The summed E-state index contributed by atoms with van der Waals surface area (Å²) in [7, 11) is 0. The molecule has 0 aliphatic carbocycles. The molecule has 0 unspecified atom stereocenters. The first-order chi connectivity index (χ1) is 8.79. The summed E-state index contributed by atoms with van der Waals surface area (Å²) in [6.45, 7) is 12.2. The molecule has 2 N–H and O–H groups in total. The van der Waals surface area contributed by atoms with Gasteiger partial charge in [-0.15, -0.1) is 0 Å². The van der Waals surface area contributed by atoms with Crippen LogP contribution in [0.15, 0.2) is 0 Å². The number of primary amides is 1. The monoisotopic (exact) mass is 260 g/mol. The summed E-state index contributed by atoms with van der Waals surface area (Å²) in [6.07, 6.45) is 5.01. The zero-order valence-corrected chi connectivity index (χ0v) is 12.7. The summed E-state index contributed by atoms with van der Waals surface area (Å²) < 4.78 is 5.08. The Morgan fingerprint density at radius 3 is 2.17 bits per heavy atom. The lowest BCUT2D eigenvalue weighted by Gasteiger charge is -2.26. The number of hydrogen-bond donors (Lipinski definition) is 1. The number of nitrogens with two attached hydrogens (primary N) is 1. The van der Waals surface area contributed by atoms with Crippen molar-refractivity contribution in [1.82, 2.24) is 4.90 Å². The van der Waals surface area contributed by atoms with E-state index >= 15 is 0 Å². The number of piperidine rings is 1. The van der Waals surface area contributed by atoms with E-state index in [1.54, 1.807) is 0 Å². The summed E-state index contributed by atoms with van der Waals surface area (Å²) in [5.74, 6) is -0.386. The van der Waals surface area contributed by atoms with Crippen LogP contribution in [0.5, 0.6) is 0 Å². The summed E-state index contributed by atoms with van der Waals surface area (Å²) in [5, 5.41) is 0. The lowest BCUT2D eigenvalue weighted by molar-refractivity contribution is -0.122. The van der Waals surface area contributed by atoms with Crippen molar-refractivity contribution in [3.05, 3.63) is 0 Å². The van der Waals surface area contributed by atoms with E-state index in [4.69, 9.17) is 10.5 Å². The summed E-state index contributed by atoms with van der Waals surface area (Å²) >= 11 is 0. The molecule has 0 aromatic carbocycles. The molecule has 0 spiro atoms. The van der Waals surface area contributed by atoms with Crippen LogP contribution in [-0.2, 0) is 9.53 Å². The maximum absolute atomic E-state index is 10.4. The first-order valence-corrected chi connectivity index (χ1v) is 7.37. The summed E-state index contributed by atoms with van der Waals surface area (Å²) in [5.41, 5.74) is 4.94. The van der Waals surface area contributed by atoms with Crippen molar-refractivity contribution in [2.75, 3.05) is 32.8 Å². The number of rotatable bonds is 6. The second-order valence-corrected chi connectivity index (χ2v) is 3.77. The SMILES string of the molecule is CC.CC.NC(=O)COCCCN1CCCCC1. The fourth-order valence-electron chi connectivity index (χ4n) is 1.75. The molecule has 0 aromatic heterocycles. The van der Waals surface area contributed by atoms with Gasteiger partial charge in [0, 0.05) is 13.2 Å². The first-order valence-electron chi connectivity index (χ1n) is 7.37. The van der Waals surface area contributed by atoms with E-state index in [1.807, 2.05) is 27.7 Å². The highest BCUT2D eigenvalue weighted by Crippen LogP contribution is 2.08. The minimum absolute atomic E-state index is 0.0556. The molecule has 1 aliphatic heterocycles. The highest BCUT2D eigenvalue weighted by atomic mass is 16.5. The van der Waals surface area contributed by atoms with Gasteiger partial charge in [0.1, 0.15) is 6.61 Å². The van der Waals surface area contributed by atoms with Gasteiger partial charge in [0.2, 0.25) is 5.91 Å². The van der Waals surface area contributed by atoms with E-state index in [-0.39, 0.29) is 12.5 Å². The number of carbonyl (C=O) groups excluding carboxylic acids is 1. The molecule has 1 rings (SSSR count). The van der Waals surface area contributed by atoms with Crippen molar-refractivity contribution in [1.29, 1.82) is 0 Å². The molecule has 1 fully saturated rings. The number of ether oxygens (including phenoxy) is 1. The summed E-state index contributed by atoms with van der Waals surface area (Å²) in [6, 6.07) is 0. The van der Waals surface area contributed by atoms with Gasteiger partial charge in [-0.25, -0.2) is 0 Å². The molecule has 1 amide bonds. The predicted molar refractivity (Wildman–Crippen MR) is 77.6 cm³/mol. The average molecular weight is 260 g/mol. The zero-order chi connectivity index (χ0) is 14.2. The lowest BCUT2D eigenvalue weighted by Crippen LogP contribution is -2.31. The van der Waals surface area contributed by atoms with Crippen LogP contribution in [0.25, 0.3) is 0 Å². The molecule has 1 aliphatic rings. The fourth-order valence-corrected chi connectivity index (χ4v) is 1.75. The minimum atomic E-state index is -0.386. The van der Waals surface area contributed by atoms with Gasteiger partial charge in [0.25, 0.3) is 0 Å². The standard InChI is InChI=1S/C10H20N2O2.2C2H6/c11-10(13)9-14-8-4-7-12-5-2-1-3-6-12;2*1-2/h1-9H2,(H2,11,13);2*1-2H3. The van der Waals surface area contributed by atoms with Crippen molar-refractivity contribution >= 4 is 5.91 Å². The van der Waals surface area contributed by atoms with Crippen LogP contribution in [0.3, 0.4) is 0 Å². The number of likely N-dealkylation sites (tertiary alicyclic amines) is 1. The maximum atomic E-state index is 10.4. The second kappa shape index (κ2) is 16.4. The number of hydrogen-bond acceptors (Lipinski definition) is 3. The van der Waals surface area contributed by atoms with Crippen molar-refractivity contribution in [2.24, 2.45) is 5.73 Å². The van der Waals surface area contributed by atoms with Gasteiger partial charge in [-0.1, -0.05) is 34.1 Å². The van der Waals surface area contributed by atoms with Crippen LogP contribution in [-0.4, -0.2) is 43.7 Å². The molecule has 0 radical (unpaired) electrons. The van der Waals surface area contributed by atoms with E-state index in [1.165, 1.54) is 32.4 Å². The molecule has 0 saturated carbocycles. The lowest BCUT2D eigenvalue weighted by atomic mass is 10.1. The Balaban J connectivity index is 0. The van der Waals surface area contributed by atoms with Gasteiger partial charge < -0.3 is 15.4 Å². The second-order valence-electron chi connectivity index (χ2n) is 3.77. The quantitative estimate of drug-likeness (QED) is 0.746. The van der Waals surface area contributed by atoms with Gasteiger partial charge in [-0.05, 0) is 32.4 Å². The van der Waals surface area contributed by atoms with Gasteiger partial charge >= 0.3 is 0 Å². The third-order valence-electron chi connectivity index (χ3n) is 2.46. The van der Waals surface area contributed by atoms with Gasteiger partial charge in [-0.3, -0.25) is 4.79 Å². The fraction of sp³-hybridized carbons (Fsp3) is 0.929. The van der Waals surface area contributed by atoms with E-state index in [2.05, 4.69) is 4.90 Å². The topological polar surface area (TPSA) is 55.6 Å². The van der Waals surface area contributed by atoms with Gasteiger partial charge in [0.05, 0.1) is 0 Å². The highest BCUT2D eigenvalue weighted by molar-refractivity contribution is 5.74. The predicted octanol–water partition coefficient (Wildman–Crippen LogP) is 2.42. The van der Waals surface area contributed by atoms with Crippen LogP contribution < -0.4 is 5.73 Å². The van der Waals surface area contributed by atoms with Gasteiger partial charge in [-0.2, -0.15) is 0 Å². The Morgan fingerprint density at radius 1 is 1.11 bits per heavy atom. The van der Waals surface area contributed by atoms with Crippen molar-refractivity contribution in [2.45, 2.75) is 53.4 Å². The van der Waals surface area contributed by atoms with Crippen LogP contribution in [0.4, 0.5) is 0 Å². The number of carbonyl (C=O) groups is 1. The molecule has 4 heteroatoms. The van der Waals surface area contributed by atoms with Crippen molar-refractivity contribution in [3.63, 3.8) is 0 Å². The van der Waals surface area contributed by atoms with E-state index in [0.29, 0.717) is 6.61 Å². The van der Waals surface area contributed by atoms with Crippen LogP contribution in [0, 0.1) is 0 Å². The molecule has 110 valence electrons. The third-order valence-corrected chi connectivity index (χ3v) is 2.46. The maximum Gasteiger partial charge on any atom is 0.243 e. The Bertz CT molecular complexity index is 169. The van der Waals surface area contributed by atoms with Gasteiger partial charge in [0.15, 0.2) is 0 Å². The van der Waals surface area contributed by atoms with Crippen LogP contribution in [0.2, 0.25) is 0 Å². The molecule has 0 bridgehead atoms. The Hall–Kier alpha value is -0.610. The molecule has 1 heterocycles. The molecule has 0 atom stereocenters. The van der Waals surface area contributed by atoms with E-state index in [0.717, 1.165) is 13.0 Å². The molecule has 4 nitrogen and oxygen atoms in total. The average Bonchev–Trinajstić information content (AvgIpc) is 2.44. The molecular formula is C14H32N2O2. The number of amides is 1. The van der Waals surface area contributed by atoms with Crippen LogP contribution in [0.1, 0.15) is 53.4 Å². The zero-order valence-electron chi connectivity index (χ0n) is 12.7. The summed E-state index contributed by atoms with van der Waals surface area (Å²) in [4.78, 5) is 12.8.